The molecule has 0 aliphatic heterocycles. The number of hydrogen-bond acceptors (Lipinski definition) is 3. The van der Waals surface area contributed by atoms with Crippen molar-refractivity contribution < 1.29 is 9.53 Å². The quantitative estimate of drug-likeness (QED) is 0.319. The van der Waals surface area contributed by atoms with E-state index in [1.54, 1.807) is 7.05 Å². The summed E-state index contributed by atoms with van der Waals surface area (Å²) in [7, 11) is 1.73. The standard InChI is InChI=1S/C13H26N4O2/c1-3-19-10-9-16-13(14-2)15-8-4-5-12(18)17-11-6-7-11/h11H,3-10H2,1-2H3,(H,17,18)(H2,14,15,16). The molecule has 0 bridgehead atoms. The number of ether oxygens (including phenoxy) is 1. The number of nitrogens with zero attached hydrogens (tertiary/aromatic N) is 1. The number of rotatable bonds is 9. The third-order valence-electron chi connectivity index (χ3n) is 2.78. The van der Waals surface area contributed by atoms with E-state index in [9.17, 15) is 4.79 Å². The van der Waals surface area contributed by atoms with Crippen LogP contribution in [-0.4, -0.2) is 51.3 Å². The molecule has 0 aromatic heterocycles. The summed E-state index contributed by atoms with van der Waals surface area (Å²) in [6.45, 7) is 4.84. The Morgan fingerprint density at radius 3 is 2.68 bits per heavy atom. The minimum absolute atomic E-state index is 0.156. The van der Waals surface area contributed by atoms with Crippen LogP contribution in [-0.2, 0) is 9.53 Å². The van der Waals surface area contributed by atoms with Gasteiger partial charge in [-0.3, -0.25) is 9.79 Å². The summed E-state index contributed by atoms with van der Waals surface area (Å²) < 4.78 is 5.23. The molecule has 0 unspecified atom stereocenters. The van der Waals surface area contributed by atoms with E-state index in [0.29, 0.717) is 19.1 Å². The maximum atomic E-state index is 11.5. The number of guanidine groups is 1. The zero-order chi connectivity index (χ0) is 13.9. The molecule has 0 saturated heterocycles. The highest BCUT2D eigenvalue weighted by atomic mass is 16.5. The Balaban J connectivity index is 1.97. The molecule has 1 saturated carbocycles. The molecule has 1 fully saturated rings. The summed E-state index contributed by atoms with van der Waals surface area (Å²) in [5.41, 5.74) is 0. The third kappa shape index (κ3) is 8.42. The van der Waals surface area contributed by atoms with Crippen LogP contribution in [0.4, 0.5) is 0 Å². The zero-order valence-corrected chi connectivity index (χ0v) is 12.0. The first kappa shape index (κ1) is 15.8. The van der Waals surface area contributed by atoms with E-state index in [2.05, 4.69) is 20.9 Å². The summed E-state index contributed by atoms with van der Waals surface area (Å²) in [6.07, 6.45) is 3.66. The molecule has 110 valence electrons. The van der Waals surface area contributed by atoms with E-state index >= 15 is 0 Å². The van der Waals surface area contributed by atoms with E-state index < -0.39 is 0 Å². The van der Waals surface area contributed by atoms with Crippen LogP contribution in [0.3, 0.4) is 0 Å². The fourth-order valence-electron chi connectivity index (χ4n) is 1.59. The van der Waals surface area contributed by atoms with Crippen molar-refractivity contribution in [3.8, 4) is 0 Å². The lowest BCUT2D eigenvalue weighted by Crippen LogP contribution is -2.39. The van der Waals surface area contributed by atoms with Crippen LogP contribution < -0.4 is 16.0 Å². The zero-order valence-electron chi connectivity index (χ0n) is 12.0. The molecule has 1 amide bonds. The maximum Gasteiger partial charge on any atom is 0.220 e. The van der Waals surface area contributed by atoms with Gasteiger partial charge < -0.3 is 20.7 Å². The maximum absolute atomic E-state index is 11.5. The van der Waals surface area contributed by atoms with Gasteiger partial charge in [-0.25, -0.2) is 0 Å². The Labute approximate surface area is 115 Å². The minimum Gasteiger partial charge on any atom is -0.380 e. The van der Waals surface area contributed by atoms with Gasteiger partial charge in [0.1, 0.15) is 0 Å². The summed E-state index contributed by atoms with van der Waals surface area (Å²) in [5, 5.41) is 9.30. The fourth-order valence-corrected chi connectivity index (χ4v) is 1.59. The normalized spacial score (nSPS) is 15.2. The predicted molar refractivity (Wildman–Crippen MR) is 76.3 cm³/mol. The van der Waals surface area contributed by atoms with Gasteiger partial charge in [0.25, 0.3) is 0 Å². The molecule has 6 heteroatoms. The second-order valence-electron chi connectivity index (χ2n) is 4.57. The van der Waals surface area contributed by atoms with Gasteiger partial charge >= 0.3 is 0 Å². The van der Waals surface area contributed by atoms with E-state index in [4.69, 9.17) is 4.74 Å². The van der Waals surface area contributed by atoms with E-state index in [1.807, 2.05) is 6.92 Å². The molecule has 0 heterocycles. The van der Waals surface area contributed by atoms with Gasteiger partial charge in [0.15, 0.2) is 5.96 Å². The van der Waals surface area contributed by atoms with Crippen LogP contribution in [0.15, 0.2) is 4.99 Å². The molecule has 0 radical (unpaired) electrons. The topological polar surface area (TPSA) is 74.8 Å². The Bertz CT molecular complexity index is 290. The highest BCUT2D eigenvalue weighted by molar-refractivity contribution is 5.79. The minimum atomic E-state index is 0.156. The molecule has 1 aliphatic rings. The van der Waals surface area contributed by atoms with Crippen LogP contribution in [0.1, 0.15) is 32.6 Å². The second-order valence-corrected chi connectivity index (χ2v) is 4.57. The van der Waals surface area contributed by atoms with Crippen LogP contribution in [0, 0.1) is 0 Å². The third-order valence-corrected chi connectivity index (χ3v) is 2.78. The van der Waals surface area contributed by atoms with Crippen molar-refractivity contribution in [1.82, 2.24) is 16.0 Å². The second kappa shape index (κ2) is 9.61. The Hall–Kier alpha value is -1.30. The summed E-state index contributed by atoms with van der Waals surface area (Å²) in [4.78, 5) is 15.5. The predicted octanol–water partition coefficient (Wildman–Crippen LogP) is 0.247. The van der Waals surface area contributed by atoms with Crippen molar-refractivity contribution >= 4 is 11.9 Å². The summed E-state index contributed by atoms with van der Waals surface area (Å²) in [6, 6.07) is 0.452. The molecule has 19 heavy (non-hydrogen) atoms. The van der Waals surface area contributed by atoms with Gasteiger partial charge in [-0.15, -0.1) is 0 Å². The number of carbonyl (C=O) groups is 1. The molecule has 0 aromatic carbocycles. The number of aliphatic imine (C=N–C) groups is 1. The number of hydrogen-bond donors (Lipinski definition) is 3. The average molecular weight is 270 g/mol. The Morgan fingerprint density at radius 2 is 2.05 bits per heavy atom. The molecule has 1 aliphatic carbocycles. The lowest BCUT2D eigenvalue weighted by atomic mass is 10.3. The molecule has 3 N–H and O–H groups in total. The number of nitrogens with one attached hydrogen (secondary N) is 3. The van der Waals surface area contributed by atoms with Gasteiger partial charge in [0, 0.05) is 39.2 Å². The van der Waals surface area contributed by atoms with Crippen LogP contribution in [0.25, 0.3) is 0 Å². The highest BCUT2D eigenvalue weighted by Gasteiger charge is 2.22. The molecule has 0 aromatic rings. The van der Waals surface area contributed by atoms with Gasteiger partial charge in [0.05, 0.1) is 6.61 Å². The molecule has 0 atom stereocenters. The first-order chi connectivity index (χ1) is 9.26. The van der Waals surface area contributed by atoms with Gasteiger partial charge in [0.2, 0.25) is 5.91 Å². The van der Waals surface area contributed by atoms with Crippen molar-refractivity contribution in [2.24, 2.45) is 4.99 Å². The van der Waals surface area contributed by atoms with Gasteiger partial charge in [-0.1, -0.05) is 0 Å². The first-order valence-corrected chi connectivity index (χ1v) is 7.08. The summed E-state index contributed by atoms with van der Waals surface area (Å²) in [5.74, 6) is 0.908. The lowest BCUT2D eigenvalue weighted by Gasteiger charge is -2.11. The highest BCUT2D eigenvalue weighted by Crippen LogP contribution is 2.18. The van der Waals surface area contributed by atoms with Crippen molar-refractivity contribution in [1.29, 1.82) is 0 Å². The molecule has 1 rings (SSSR count). The lowest BCUT2D eigenvalue weighted by molar-refractivity contribution is -0.121. The summed E-state index contributed by atoms with van der Waals surface area (Å²) >= 11 is 0. The first-order valence-electron chi connectivity index (χ1n) is 7.08. The van der Waals surface area contributed by atoms with Crippen molar-refractivity contribution in [2.45, 2.75) is 38.6 Å². The number of carbonyl (C=O) groups excluding carboxylic acids is 1. The average Bonchev–Trinajstić information content (AvgIpc) is 3.20. The number of amides is 1. The van der Waals surface area contributed by atoms with Gasteiger partial charge in [-0.05, 0) is 26.2 Å². The van der Waals surface area contributed by atoms with Crippen molar-refractivity contribution in [3.63, 3.8) is 0 Å². The molecular formula is C13H26N4O2. The smallest absolute Gasteiger partial charge is 0.220 e. The van der Waals surface area contributed by atoms with Crippen LogP contribution in [0.5, 0.6) is 0 Å². The van der Waals surface area contributed by atoms with Crippen LogP contribution in [0.2, 0.25) is 0 Å². The fraction of sp³-hybridized carbons (Fsp3) is 0.846. The Morgan fingerprint density at radius 1 is 1.32 bits per heavy atom. The monoisotopic (exact) mass is 270 g/mol. The van der Waals surface area contributed by atoms with E-state index in [1.165, 1.54) is 0 Å². The SMILES string of the molecule is CCOCCNC(=NC)NCCCC(=O)NC1CC1. The van der Waals surface area contributed by atoms with E-state index in [0.717, 1.165) is 44.9 Å². The Kier molecular flexibility index (Phi) is 7.97. The van der Waals surface area contributed by atoms with Crippen molar-refractivity contribution in [3.05, 3.63) is 0 Å². The largest absolute Gasteiger partial charge is 0.380 e. The molecular weight excluding hydrogens is 244 g/mol. The molecule has 6 nitrogen and oxygen atoms in total. The van der Waals surface area contributed by atoms with E-state index in [-0.39, 0.29) is 5.91 Å². The molecule has 0 spiro atoms. The van der Waals surface area contributed by atoms with Crippen LogP contribution >= 0.6 is 0 Å². The van der Waals surface area contributed by atoms with Gasteiger partial charge in [-0.2, -0.15) is 0 Å². The van der Waals surface area contributed by atoms with Crippen molar-refractivity contribution in [2.75, 3.05) is 33.4 Å².